The number of anilines is 3. The summed E-state index contributed by atoms with van der Waals surface area (Å²) in [6, 6.07) is 64.0. The molecule has 2 heterocycles. The normalized spacial score (nSPS) is 11.7. The van der Waals surface area contributed by atoms with Gasteiger partial charge in [-0.25, -0.2) is 0 Å². The molecule has 0 radical (unpaired) electrons. The molecule has 49 heavy (non-hydrogen) atoms. The first-order chi connectivity index (χ1) is 24.3. The molecule has 0 aliphatic carbocycles. The quantitative estimate of drug-likeness (QED) is 0.198. The van der Waals surface area contributed by atoms with Crippen LogP contribution in [0.2, 0.25) is 0 Å². The van der Waals surface area contributed by atoms with Crippen LogP contribution in [0.15, 0.2) is 176 Å². The first-order valence-electron chi connectivity index (χ1n) is 16.7. The molecule has 0 unspecified atom stereocenters. The highest BCUT2D eigenvalue weighted by Gasteiger charge is 2.17. The van der Waals surface area contributed by atoms with E-state index in [1.165, 1.54) is 69.5 Å². The standard InChI is InChI=1S/C46H30N2S/c1-2-11-36-31(9-1)10-7-17-44(36)48(34-24-19-30(20-25-34)33-23-28-43-41(29-33)38-12-3-5-16-42(38)47-43)35-26-21-32(22-27-35)37-14-8-15-40-39-13-4-6-18-45(39)49-46(37)40/h1-29,47H. The van der Waals surface area contributed by atoms with Crippen LogP contribution in [0.25, 0.3) is 75.0 Å². The van der Waals surface area contributed by atoms with Gasteiger partial charge in [-0.3, -0.25) is 0 Å². The predicted octanol–water partition coefficient (Wildman–Crippen LogP) is 13.6. The highest BCUT2D eigenvalue weighted by atomic mass is 32.1. The topological polar surface area (TPSA) is 19.0 Å². The Balaban J connectivity index is 1.08. The lowest BCUT2D eigenvalue weighted by molar-refractivity contribution is 1.30. The van der Waals surface area contributed by atoms with E-state index in [0.717, 1.165) is 22.6 Å². The molecule has 0 amide bonds. The molecule has 0 saturated heterocycles. The van der Waals surface area contributed by atoms with Crippen LogP contribution in [-0.4, -0.2) is 4.98 Å². The van der Waals surface area contributed by atoms with Crippen molar-refractivity contribution in [3.05, 3.63) is 176 Å². The number of hydrogen-bond acceptors (Lipinski definition) is 2. The Kier molecular flexibility index (Phi) is 6.39. The molecule has 0 fully saturated rings. The molecule has 0 aliphatic rings. The molecular formula is C46H30N2S. The Morgan fingerprint density at radius 2 is 1.02 bits per heavy atom. The van der Waals surface area contributed by atoms with E-state index in [0.29, 0.717) is 0 Å². The van der Waals surface area contributed by atoms with Crippen LogP contribution >= 0.6 is 11.3 Å². The zero-order valence-electron chi connectivity index (χ0n) is 26.6. The smallest absolute Gasteiger partial charge is 0.0540 e. The summed E-state index contributed by atoms with van der Waals surface area (Å²) in [4.78, 5) is 5.94. The predicted molar refractivity (Wildman–Crippen MR) is 212 cm³/mol. The van der Waals surface area contributed by atoms with Gasteiger partial charge in [0.25, 0.3) is 0 Å². The van der Waals surface area contributed by atoms with Crippen LogP contribution in [-0.2, 0) is 0 Å². The van der Waals surface area contributed by atoms with Crippen LogP contribution in [0.3, 0.4) is 0 Å². The van der Waals surface area contributed by atoms with Gasteiger partial charge >= 0.3 is 0 Å². The zero-order chi connectivity index (χ0) is 32.3. The molecule has 0 saturated carbocycles. The van der Waals surface area contributed by atoms with Crippen molar-refractivity contribution >= 4 is 81.1 Å². The van der Waals surface area contributed by atoms with Gasteiger partial charge in [-0.05, 0) is 82.2 Å². The third-order valence-corrected chi connectivity index (χ3v) is 11.0. The summed E-state index contributed by atoms with van der Waals surface area (Å²) in [5.74, 6) is 0. The van der Waals surface area contributed by atoms with E-state index in [-0.39, 0.29) is 0 Å². The molecule has 230 valence electrons. The van der Waals surface area contributed by atoms with Gasteiger partial charge in [-0.15, -0.1) is 11.3 Å². The molecule has 10 aromatic rings. The van der Waals surface area contributed by atoms with Crippen molar-refractivity contribution in [3.63, 3.8) is 0 Å². The fourth-order valence-corrected chi connectivity index (χ4v) is 8.66. The number of nitrogens with one attached hydrogen (secondary N) is 1. The monoisotopic (exact) mass is 642 g/mol. The number of aromatic amines is 1. The van der Waals surface area contributed by atoms with E-state index in [1.807, 2.05) is 11.3 Å². The SMILES string of the molecule is c1ccc2c(N(c3ccc(-c4ccc5[nH]c6ccccc6c5c4)cc3)c3ccc(-c4cccc5c4sc4ccccc45)cc3)cccc2c1. The Bertz CT molecular complexity index is 2820. The average molecular weight is 643 g/mol. The van der Waals surface area contributed by atoms with E-state index < -0.39 is 0 Å². The van der Waals surface area contributed by atoms with Crippen molar-refractivity contribution in [2.45, 2.75) is 0 Å². The number of thiophene rings is 1. The van der Waals surface area contributed by atoms with Crippen molar-refractivity contribution < 1.29 is 0 Å². The fraction of sp³-hybridized carbons (Fsp3) is 0. The van der Waals surface area contributed by atoms with Gasteiger partial charge in [0, 0.05) is 58.7 Å². The number of para-hydroxylation sites is 1. The minimum absolute atomic E-state index is 1.12. The molecule has 3 heteroatoms. The van der Waals surface area contributed by atoms with E-state index >= 15 is 0 Å². The number of hydrogen-bond donors (Lipinski definition) is 1. The number of nitrogens with zero attached hydrogens (tertiary/aromatic N) is 1. The number of fused-ring (bicyclic) bond motifs is 7. The van der Waals surface area contributed by atoms with Gasteiger partial charge < -0.3 is 9.88 Å². The molecule has 10 rings (SSSR count). The Morgan fingerprint density at radius 1 is 0.408 bits per heavy atom. The van der Waals surface area contributed by atoms with Crippen LogP contribution in [0, 0.1) is 0 Å². The van der Waals surface area contributed by atoms with Crippen LogP contribution < -0.4 is 4.90 Å². The fourth-order valence-electron chi connectivity index (χ4n) is 7.43. The summed E-state index contributed by atoms with van der Waals surface area (Å²) < 4.78 is 2.66. The average Bonchev–Trinajstić information content (AvgIpc) is 3.74. The molecule has 0 aliphatic heterocycles. The van der Waals surface area contributed by atoms with Crippen LogP contribution in [0.1, 0.15) is 0 Å². The second-order valence-corrected chi connectivity index (χ2v) is 13.7. The summed E-state index contributed by atoms with van der Waals surface area (Å²) in [6.45, 7) is 0. The maximum Gasteiger partial charge on any atom is 0.0540 e. The largest absolute Gasteiger partial charge is 0.355 e. The highest BCUT2D eigenvalue weighted by Crippen LogP contribution is 2.43. The lowest BCUT2D eigenvalue weighted by atomic mass is 10.0. The van der Waals surface area contributed by atoms with Crippen molar-refractivity contribution in [1.82, 2.24) is 4.98 Å². The number of H-pyrrole nitrogens is 1. The summed E-state index contributed by atoms with van der Waals surface area (Å²) in [5.41, 5.74) is 10.6. The van der Waals surface area contributed by atoms with Crippen molar-refractivity contribution in [2.75, 3.05) is 4.90 Å². The number of aromatic nitrogens is 1. The third-order valence-electron chi connectivity index (χ3n) is 9.81. The van der Waals surface area contributed by atoms with Gasteiger partial charge in [0.1, 0.15) is 0 Å². The number of benzene rings is 8. The molecular weight excluding hydrogens is 613 g/mol. The molecule has 8 aromatic carbocycles. The Hall–Kier alpha value is -6.16. The second kappa shape index (κ2) is 11.2. The summed E-state index contributed by atoms with van der Waals surface area (Å²) in [5, 5.41) is 7.60. The first-order valence-corrected chi connectivity index (χ1v) is 17.5. The lowest BCUT2D eigenvalue weighted by Gasteiger charge is -2.27. The Morgan fingerprint density at radius 3 is 1.86 bits per heavy atom. The van der Waals surface area contributed by atoms with Gasteiger partial charge in [0.2, 0.25) is 0 Å². The summed E-state index contributed by atoms with van der Waals surface area (Å²) >= 11 is 1.88. The maximum atomic E-state index is 3.55. The van der Waals surface area contributed by atoms with Gasteiger partial charge in [0.05, 0.1) is 5.69 Å². The minimum atomic E-state index is 1.12. The molecule has 0 spiro atoms. The van der Waals surface area contributed by atoms with Crippen LogP contribution in [0.4, 0.5) is 17.1 Å². The zero-order valence-corrected chi connectivity index (χ0v) is 27.4. The number of rotatable bonds is 5. The maximum absolute atomic E-state index is 3.55. The first kappa shape index (κ1) is 27.9. The highest BCUT2D eigenvalue weighted by molar-refractivity contribution is 7.26. The van der Waals surface area contributed by atoms with Gasteiger partial charge in [-0.1, -0.05) is 121 Å². The third kappa shape index (κ3) is 4.62. The van der Waals surface area contributed by atoms with Gasteiger partial charge in [-0.2, -0.15) is 0 Å². The molecule has 2 nitrogen and oxygen atoms in total. The lowest BCUT2D eigenvalue weighted by Crippen LogP contribution is -2.10. The van der Waals surface area contributed by atoms with E-state index in [4.69, 9.17) is 0 Å². The minimum Gasteiger partial charge on any atom is -0.355 e. The molecule has 1 N–H and O–H groups in total. The summed E-state index contributed by atoms with van der Waals surface area (Å²) in [7, 11) is 0. The molecule has 2 aromatic heterocycles. The second-order valence-electron chi connectivity index (χ2n) is 12.6. The van der Waals surface area contributed by atoms with E-state index in [2.05, 4.69) is 186 Å². The Labute approximate surface area is 288 Å². The molecule has 0 bridgehead atoms. The van der Waals surface area contributed by atoms with Crippen molar-refractivity contribution in [3.8, 4) is 22.3 Å². The van der Waals surface area contributed by atoms with E-state index in [9.17, 15) is 0 Å². The molecule has 0 atom stereocenters. The van der Waals surface area contributed by atoms with E-state index in [1.54, 1.807) is 0 Å². The van der Waals surface area contributed by atoms with Crippen molar-refractivity contribution in [1.29, 1.82) is 0 Å². The van der Waals surface area contributed by atoms with Gasteiger partial charge in [0.15, 0.2) is 0 Å². The van der Waals surface area contributed by atoms with Crippen LogP contribution in [0.5, 0.6) is 0 Å². The van der Waals surface area contributed by atoms with Crippen molar-refractivity contribution in [2.24, 2.45) is 0 Å². The summed E-state index contributed by atoms with van der Waals surface area (Å²) in [6.07, 6.45) is 0.